The second kappa shape index (κ2) is 12.6. The normalized spacial score (nSPS) is 19.2. The van der Waals surface area contributed by atoms with Crippen molar-refractivity contribution in [1.82, 2.24) is 20.4 Å². The number of rotatable bonds is 9. The van der Waals surface area contributed by atoms with E-state index in [-0.39, 0.29) is 17.2 Å². The highest BCUT2D eigenvalue weighted by molar-refractivity contribution is 6.01. The highest BCUT2D eigenvalue weighted by atomic mass is 19.4. The van der Waals surface area contributed by atoms with E-state index in [0.717, 1.165) is 31.7 Å². The second-order valence-electron chi connectivity index (χ2n) is 10.2. The van der Waals surface area contributed by atoms with Gasteiger partial charge in [0.1, 0.15) is 24.1 Å². The van der Waals surface area contributed by atoms with E-state index in [9.17, 15) is 27.6 Å². The third-order valence-electron chi connectivity index (χ3n) is 7.29. The predicted molar refractivity (Wildman–Crippen MR) is 138 cm³/mol. The lowest BCUT2D eigenvalue weighted by Gasteiger charge is -2.32. The van der Waals surface area contributed by atoms with Crippen LogP contribution < -0.4 is 16.0 Å². The molecule has 1 aliphatic rings. The first kappa shape index (κ1) is 30.1. The van der Waals surface area contributed by atoms with Crippen molar-refractivity contribution >= 4 is 23.4 Å². The minimum atomic E-state index is -4.57. The standard InChI is InChI=1S/C27H35F4N5O3/c1-5-36-22(10-11-33-36)25(38)35-23(18-8-6-15(2)7-9-18)26(39)34-21-12-16(3)19(13-20(21)28)17(4)24(37)32-14-27(29,30)31/h10-13,15,17-18,23H,5-9,14H2,1-4H3,(H,32,37)(H,34,39)(H,35,38)/t15-,17?,18-,23-/m0/s1. The highest BCUT2D eigenvalue weighted by Gasteiger charge is 2.34. The van der Waals surface area contributed by atoms with Gasteiger partial charge in [-0.2, -0.15) is 18.3 Å². The number of aryl methyl sites for hydroxylation is 2. The van der Waals surface area contributed by atoms with Gasteiger partial charge in [-0.1, -0.05) is 19.8 Å². The number of halogens is 4. The molecule has 3 rings (SSSR count). The number of hydrogen-bond donors (Lipinski definition) is 3. The molecule has 1 heterocycles. The molecule has 214 valence electrons. The van der Waals surface area contributed by atoms with E-state index in [1.54, 1.807) is 18.3 Å². The molecule has 0 aliphatic heterocycles. The molecule has 1 aromatic heterocycles. The van der Waals surface area contributed by atoms with Crippen molar-refractivity contribution in [3.8, 4) is 0 Å². The lowest BCUT2D eigenvalue weighted by atomic mass is 9.79. The monoisotopic (exact) mass is 553 g/mol. The second-order valence-corrected chi connectivity index (χ2v) is 10.2. The Hall–Kier alpha value is -3.44. The molecule has 0 bridgehead atoms. The predicted octanol–water partition coefficient (Wildman–Crippen LogP) is 4.70. The lowest BCUT2D eigenvalue weighted by Crippen LogP contribution is -2.49. The molecule has 0 radical (unpaired) electrons. The van der Waals surface area contributed by atoms with Crippen LogP contribution in [0.3, 0.4) is 0 Å². The summed E-state index contributed by atoms with van der Waals surface area (Å²) in [7, 11) is 0. The summed E-state index contributed by atoms with van der Waals surface area (Å²) in [4.78, 5) is 38.7. The van der Waals surface area contributed by atoms with Crippen molar-refractivity contribution in [2.45, 2.75) is 78.1 Å². The van der Waals surface area contributed by atoms with Gasteiger partial charge in [-0.05, 0) is 74.8 Å². The van der Waals surface area contributed by atoms with E-state index >= 15 is 4.39 Å². The molecule has 3 amide bonds. The molecule has 1 saturated carbocycles. The van der Waals surface area contributed by atoms with E-state index in [0.29, 0.717) is 23.7 Å². The van der Waals surface area contributed by atoms with Gasteiger partial charge in [-0.3, -0.25) is 19.1 Å². The molecule has 0 spiro atoms. The van der Waals surface area contributed by atoms with Gasteiger partial charge in [-0.15, -0.1) is 0 Å². The smallest absolute Gasteiger partial charge is 0.346 e. The third-order valence-corrected chi connectivity index (χ3v) is 7.29. The van der Waals surface area contributed by atoms with Crippen molar-refractivity contribution in [3.05, 3.63) is 47.0 Å². The van der Waals surface area contributed by atoms with Gasteiger partial charge in [0.25, 0.3) is 5.91 Å². The Morgan fingerprint density at radius 3 is 2.41 bits per heavy atom. The SMILES string of the molecule is CCn1nccc1C(=O)N[C@H](C(=O)Nc1cc(C)c(C(C)C(=O)NCC(F)(F)F)cc1F)[C@H]1CC[C@H](C)CC1. The molecular weight excluding hydrogens is 518 g/mol. The van der Waals surface area contributed by atoms with Crippen LogP contribution in [0.5, 0.6) is 0 Å². The Kier molecular flexibility index (Phi) is 9.73. The van der Waals surface area contributed by atoms with Crippen molar-refractivity contribution in [2.75, 3.05) is 11.9 Å². The molecule has 39 heavy (non-hydrogen) atoms. The summed E-state index contributed by atoms with van der Waals surface area (Å²) in [6.07, 6.45) is 0.165. The first-order valence-corrected chi connectivity index (χ1v) is 13.1. The van der Waals surface area contributed by atoms with Gasteiger partial charge in [-0.25, -0.2) is 4.39 Å². The maximum absolute atomic E-state index is 15.1. The van der Waals surface area contributed by atoms with Gasteiger partial charge < -0.3 is 16.0 Å². The summed E-state index contributed by atoms with van der Waals surface area (Å²) in [6.45, 7) is 5.91. The molecule has 1 aromatic carbocycles. The summed E-state index contributed by atoms with van der Waals surface area (Å²) in [6, 6.07) is 3.02. The van der Waals surface area contributed by atoms with Crippen LogP contribution in [0, 0.1) is 24.6 Å². The van der Waals surface area contributed by atoms with Gasteiger partial charge in [0.05, 0.1) is 11.6 Å². The summed E-state index contributed by atoms with van der Waals surface area (Å²) in [5, 5.41) is 11.3. The molecule has 1 unspecified atom stereocenters. The van der Waals surface area contributed by atoms with Crippen molar-refractivity contribution < 1.29 is 31.9 Å². The molecule has 0 saturated heterocycles. The quantitative estimate of drug-likeness (QED) is 0.392. The van der Waals surface area contributed by atoms with E-state index in [1.165, 1.54) is 23.9 Å². The lowest BCUT2D eigenvalue weighted by molar-refractivity contribution is -0.139. The molecule has 2 aromatic rings. The van der Waals surface area contributed by atoms with Gasteiger partial charge in [0.2, 0.25) is 11.8 Å². The minimum absolute atomic E-state index is 0.147. The van der Waals surface area contributed by atoms with Crippen molar-refractivity contribution in [2.24, 2.45) is 11.8 Å². The van der Waals surface area contributed by atoms with E-state index in [1.807, 2.05) is 6.92 Å². The summed E-state index contributed by atoms with van der Waals surface area (Å²) >= 11 is 0. The van der Waals surface area contributed by atoms with Crippen LogP contribution in [-0.2, 0) is 16.1 Å². The number of aromatic nitrogens is 2. The number of carbonyl (C=O) groups is 3. The Balaban J connectivity index is 1.79. The first-order chi connectivity index (χ1) is 18.3. The molecule has 1 fully saturated rings. The maximum atomic E-state index is 15.1. The fourth-order valence-corrected chi connectivity index (χ4v) is 4.96. The molecule has 12 heteroatoms. The van der Waals surface area contributed by atoms with Crippen molar-refractivity contribution in [3.63, 3.8) is 0 Å². The van der Waals surface area contributed by atoms with Gasteiger partial charge in [0, 0.05) is 12.7 Å². The highest BCUT2D eigenvalue weighted by Crippen LogP contribution is 2.32. The maximum Gasteiger partial charge on any atom is 0.405 e. The van der Waals surface area contributed by atoms with E-state index in [4.69, 9.17) is 0 Å². The van der Waals surface area contributed by atoms with Gasteiger partial charge >= 0.3 is 6.18 Å². The van der Waals surface area contributed by atoms with Crippen LogP contribution in [0.1, 0.15) is 74.0 Å². The van der Waals surface area contributed by atoms with Crippen molar-refractivity contribution in [1.29, 1.82) is 0 Å². The molecule has 8 nitrogen and oxygen atoms in total. The molecule has 3 N–H and O–H groups in total. The molecule has 2 atom stereocenters. The minimum Gasteiger partial charge on any atom is -0.346 e. The number of carbonyl (C=O) groups excluding carboxylic acids is 3. The van der Waals surface area contributed by atoms with Crippen LogP contribution >= 0.6 is 0 Å². The fraction of sp³-hybridized carbons (Fsp3) is 0.556. The van der Waals surface area contributed by atoms with E-state index in [2.05, 4.69) is 22.7 Å². The number of amides is 3. The zero-order valence-corrected chi connectivity index (χ0v) is 22.5. The number of nitrogens with one attached hydrogen (secondary N) is 3. The number of hydrogen-bond acceptors (Lipinski definition) is 4. The van der Waals surface area contributed by atoms with Crippen LogP contribution in [0.15, 0.2) is 24.4 Å². The fourth-order valence-electron chi connectivity index (χ4n) is 4.96. The topological polar surface area (TPSA) is 105 Å². The van der Waals surface area contributed by atoms with Gasteiger partial charge in [0.15, 0.2) is 0 Å². The Bertz CT molecular complexity index is 1190. The average molecular weight is 554 g/mol. The molecular formula is C27H35F4N5O3. The van der Waals surface area contributed by atoms with Crippen LogP contribution in [0.4, 0.5) is 23.2 Å². The number of nitrogens with zero attached hydrogens (tertiary/aromatic N) is 2. The summed E-state index contributed by atoms with van der Waals surface area (Å²) in [5.41, 5.74) is 0.777. The third kappa shape index (κ3) is 7.79. The number of benzene rings is 1. The number of anilines is 1. The average Bonchev–Trinajstić information content (AvgIpc) is 3.36. The largest absolute Gasteiger partial charge is 0.405 e. The Labute approximate surface area is 224 Å². The number of alkyl halides is 3. The van der Waals surface area contributed by atoms with Crippen LogP contribution in [0.25, 0.3) is 0 Å². The van der Waals surface area contributed by atoms with E-state index < -0.39 is 48.2 Å². The molecule has 1 aliphatic carbocycles. The summed E-state index contributed by atoms with van der Waals surface area (Å²) < 4.78 is 54.0. The van der Waals surface area contributed by atoms with Crippen LogP contribution in [-0.4, -0.2) is 46.3 Å². The Morgan fingerprint density at radius 1 is 1.13 bits per heavy atom. The Morgan fingerprint density at radius 2 is 1.79 bits per heavy atom. The summed E-state index contributed by atoms with van der Waals surface area (Å²) in [5.74, 6) is -3.47. The first-order valence-electron chi connectivity index (χ1n) is 13.1. The van der Waals surface area contributed by atoms with Crippen LogP contribution in [0.2, 0.25) is 0 Å². The zero-order valence-electron chi connectivity index (χ0n) is 22.5. The zero-order chi connectivity index (χ0) is 28.9.